The highest BCUT2D eigenvalue weighted by molar-refractivity contribution is 5.13. The number of nitrogens with zero attached hydrogens (tertiary/aromatic N) is 2. The molecule has 1 fully saturated rings. The van der Waals surface area contributed by atoms with Crippen LogP contribution < -0.4 is 5.32 Å². The standard InChI is InChI=1S/C11H19N3O/c1-3-9-6-10(14(2)13-9)7-11(15)4-5-12-8-11/h6,12,15H,3-5,7-8H2,1-2H3. The summed E-state index contributed by atoms with van der Waals surface area (Å²) in [6.07, 6.45) is 2.48. The molecule has 1 unspecified atom stereocenters. The Morgan fingerprint density at radius 3 is 3.00 bits per heavy atom. The number of hydrogen-bond acceptors (Lipinski definition) is 3. The maximum Gasteiger partial charge on any atom is 0.0838 e. The minimum Gasteiger partial charge on any atom is -0.388 e. The average Bonchev–Trinajstić information content (AvgIpc) is 2.75. The third-order valence-electron chi connectivity index (χ3n) is 3.12. The lowest BCUT2D eigenvalue weighted by atomic mass is 9.97. The van der Waals surface area contributed by atoms with Crippen LogP contribution in [-0.2, 0) is 19.9 Å². The van der Waals surface area contributed by atoms with Gasteiger partial charge in [-0.3, -0.25) is 4.68 Å². The molecule has 4 heteroatoms. The van der Waals surface area contributed by atoms with Crippen molar-refractivity contribution in [2.24, 2.45) is 7.05 Å². The van der Waals surface area contributed by atoms with E-state index in [4.69, 9.17) is 0 Å². The molecule has 1 aliphatic rings. The molecule has 15 heavy (non-hydrogen) atoms. The van der Waals surface area contributed by atoms with Crippen molar-refractivity contribution in [3.05, 3.63) is 17.5 Å². The highest BCUT2D eigenvalue weighted by atomic mass is 16.3. The zero-order chi connectivity index (χ0) is 10.9. The minimum atomic E-state index is -0.571. The SMILES string of the molecule is CCc1cc(CC2(O)CCNC2)n(C)n1. The van der Waals surface area contributed by atoms with E-state index in [9.17, 15) is 5.11 Å². The summed E-state index contributed by atoms with van der Waals surface area (Å²) in [6, 6.07) is 2.09. The van der Waals surface area contributed by atoms with E-state index >= 15 is 0 Å². The Kier molecular flexibility index (Phi) is 2.80. The lowest BCUT2D eigenvalue weighted by molar-refractivity contribution is 0.0599. The van der Waals surface area contributed by atoms with Crippen molar-refractivity contribution in [3.63, 3.8) is 0 Å². The Bertz CT molecular complexity index is 340. The summed E-state index contributed by atoms with van der Waals surface area (Å²) in [5.41, 5.74) is 1.65. The van der Waals surface area contributed by atoms with Gasteiger partial charge in [-0.1, -0.05) is 6.92 Å². The molecule has 2 N–H and O–H groups in total. The van der Waals surface area contributed by atoms with Crippen LogP contribution >= 0.6 is 0 Å². The first kappa shape index (κ1) is 10.6. The quantitative estimate of drug-likeness (QED) is 0.750. The van der Waals surface area contributed by atoms with Gasteiger partial charge in [0.25, 0.3) is 0 Å². The van der Waals surface area contributed by atoms with Gasteiger partial charge in [-0.15, -0.1) is 0 Å². The third kappa shape index (κ3) is 2.21. The Morgan fingerprint density at radius 2 is 2.47 bits per heavy atom. The molecule has 4 nitrogen and oxygen atoms in total. The molecule has 1 aromatic heterocycles. The normalized spacial score (nSPS) is 26.1. The Labute approximate surface area is 90.3 Å². The van der Waals surface area contributed by atoms with E-state index in [0.717, 1.165) is 30.8 Å². The zero-order valence-corrected chi connectivity index (χ0v) is 9.45. The molecule has 1 aromatic rings. The van der Waals surface area contributed by atoms with E-state index in [1.54, 1.807) is 0 Å². The fraction of sp³-hybridized carbons (Fsp3) is 0.727. The van der Waals surface area contributed by atoms with Gasteiger partial charge in [-0.25, -0.2) is 0 Å². The maximum atomic E-state index is 10.2. The van der Waals surface area contributed by atoms with Gasteiger partial charge >= 0.3 is 0 Å². The number of nitrogens with one attached hydrogen (secondary N) is 1. The molecule has 1 aliphatic heterocycles. The molecule has 0 amide bonds. The van der Waals surface area contributed by atoms with Crippen molar-refractivity contribution >= 4 is 0 Å². The summed E-state index contributed by atoms with van der Waals surface area (Å²) < 4.78 is 1.88. The predicted molar refractivity (Wildman–Crippen MR) is 58.7 cm³/mol. The fourth-order valence-corrected chi connectivity index (χ4v) is 2.13. The average molecular weight is 209 g/mol. The highest BCUT2D eigenvalue weighted by Crippen LogP contribution is 2.20. The van der Waals surface area contributed by atoms with Crippen LogP contribution in [0.4, 0.5) is 0 Å². The third-order valence-corrected chi connectivity index (χ3v) is 3.12. The van der Waals surface area contributed by atoms with Gasteiger partial charge in [0.15, 0.2) is 0 Å². The van der Waals surface area contributed by atoms with E-state index in [1.807, 2.05) is 11.7 Å². The van der Waals surface area contributed by atoms with Crippen molar-refractivity contribution in [2.45, 2.75) is 31.8 Å². The molecule has 0 radical (unpaired) electrons. The number of aliphatic hydroxyl groups is 1. The molecule has 0 bridgehead atoms. The van der Waals surface area contributed by atoms with Crippen LogP contribution in [0.25, 0.3) is 0 Å². The van der Waals surface area contributed by atoms with Crippen molar-refractivity contribution in [1.82, 2.24) is 15.1 Å². The number of β-amino-alcohol motifs (C(OH)–C–C–N with tert-alkyl or cyclic N) is 1. The molecule has 0 aliphatic carbocycles. The second-order valence-electron chi connectivity index (χ2n) is 4.43. The van der Waals surface area contributed by atoms with E-state index in [2.05, 4.69) is 23.4 Å². The Hall–Kier alpha value is -0.870. The molecule has 2 rings (SSSR count). The number of rotatable bonds is 3. The molecular formula is C11H19N3O. The second kappa shape index (κ2) is 3.94. The first-order valence-electron chi connectivity index (χ1n) is 5.58. The van der Waals surface area contributed by atoms with Crippen molar-refractivity contribution in [1.29, 1.82) is 0 Å². The first-order chi connectivity index (χ1) is 7.13. The van der Waals surface area contributed by atoms with E-state index in [-0.39, 0.29) is 0 Å². The van der Waals surface area contributed by atoms with Crippen LogP contribution in [0.5, 0.6) is 0 Å². The van der Waals surface area contributed by atoms with Gasteiger partial charge in [0, 0.05) is 25.7 Å². The molecule has 2 heterocycles. The van der Waals surface area contributed by atoms with Gasteiger partial charge < -0.3 is 10.4 Å². The second-order valence-corrected chi connectivity index (χ2v) is 4.43. The van der Waals surface area contributed by atoms with Gasteiger partial charge in [0.2, 0.25) is 0 Å². The smallest absolute Gasteiger partial charge is 0.0838 e. The highest BCUT2D eigenvalue weighted by Gasteiger charge is 2.32. The van der Waals surface area contributed by atoms with Gasteiger partial charge in [-0.05, 0) is 25.5 Å². The molecule has 0 saturated carbocycles. The van der Waals surface area contributed by atoms with Crippen molar-refractivity contribution in [3.8, 4) is 0 Å². The fourth-order valence-electron chi connectivity index (χ4n) is 2.13. The molecule has 1 atom stereocenters. The molecule has 1 saturated heterocycles. The van der Waals surface area contributed by atoms with Crippen LogP contribution in [0.3, 0.4) is 0 Å². The van der Waals surface area contributed by atoms with E-state index < -0.39 is 5.60 Å². The number of aryl methyl sites for hydroxylation is 2. The van der Waals surface area contributed by atoms with Crippen LogP contribution in [0, 0.1) is 0 Å². The molecular weight excluding hydrogens is 190 g/mol. The summed E-state index contributed by atoms with van der Waals surface area (Å²) in [4.78, 5) is 0. The van der Waals surface area contributed by atoms with Crippen molar-refractivity contribution < 1.29 is 5.11 Å². The topological polar surface area (TPSA) is 50.1 Å². The number of hydrogen-bond donors (Lipinski definition) is 2. The van der Waals surface area contributed by atoms with Gasteiger partial charge in [-0.2, -0.15) is 5.10 Å². The molecule has 84 valence electrons. The minimum absolute atomic E-state index is 0.571. The summed E-state index contributed by atoms with van der Waals surface area (Å²) in [6.45, 7) is 3.70. The Morgan fingerprint density at radius 1 is 1.67 bits per heavy atom. The predicted octanol–water partition coefficient (Wildman–Crippen LogP) is 0.249. The molecule has 0 aromatic carbocycles. The summed E-state index contributed by atoms with van der Waals surface area (Å²) >= 11 is 0. The number of aromatic nitrogens is 2. The first-order valence-corrected chi connectivity index (χ1v) is 5.58. The maximum absolute atomic E-state index is 10.2. The van der Waals surface area contributed by atoms with Crippen LogP contribution in [0.1, 0.15) is 24.7 Å². The van der Waals surface area contributed by atoms with Gasteiger partial charge in [0.1, 0.15) is 0 Å². The zero-order valence-electron chi connectivity index (χ0n) is 9.45. The van der Waals surface area contributed by atoms with E-state index in [1.165, 1.54) is 0 Å². The summed E-state index contributed by atoms with van der Waals surface area (Å²) in [5.74, 6) is 0. The monoisotopic (exact) mass is 209 g/mol. The van der Waals surface area contributed by atoms with Crippen LogP contribution in [-0.4, -0.2) is 33.6 Å². The van der Waals surface area contributed by atoms with Crippen LogP contribution in [0.15, 0.2) is 6.07 Å². The summed E-state index contributed by atoms with van der Waals surface area (Å²) in [7, 11) is 1.94. The van der Waals surface area contributed by atoms with E-state index in [0.29, 0.717) is 13.0 Å². The van der Waals surface area contributed by atoms with Crippen LogP contribution in [0.2, 0.25) is 0 Å². The lowest BCUT2D eigenvalue weighted by Crippen LogP contribution is -2.34. The van der Waals surface area contributed by atoms with Crippen molar-refractivity contribution in [2.75, 3.05) is 13.1 Å². The Balaban J connectivity index is 2.12. The molecule has 0 spiro atoms. The van der Waals surface area contributed by atoms with Gasteiger partial charge in [0.05, 0.1) is 11.3 Å². The largest absolute Gasteiger partial charge is 0.388 e. The lowest BCUT2D eigenvalue weighted by Gasteiger charge is -2.20. The summed E-state index contributed by atoms with van der Waals surface area (Å²) in [5, 5.41) is 17.8.